The van der Waals surface area contributed by atoms with Crippen molar-refractivity contribution in [2.45, 2.75) is 19.1 Å². The van der Waals surface area contributed by atoms with Crippen molar-refractivity contribution in [3.63, 3.8) is 0 Å². The zero-order valence-corrected chi connectivity index (χ0v) is 12.9. The van der Waals surface area contributed by atoms with E-state index in [9.17, 15) is 22.7 Å². The van der Waals surface area contributed by atoms with Crippen LogP contribution in [0.25, 0.3) is 0 Å². The van der Waals surface area contributed by atoms with Gasteiger partial charge in [0.1, 0.15) is 5.82 Å². The maximum Gasteiger partial charge on any atom is 0.419 e. The van der Waals surface area contributed by atoms with Gasteiger partial charge in [0.05, 0.1) is 5.56 Å². The van der Waals surface area contributed by atoms with Gasteiger partial charge in [-0.3, -0.25) is 4.98 Å². The average Bonchev–Trinajstić information content (AvgIpc) is 2.55. The van der Waals surface area contributed by atoms with Crippen LogP contribution in [0.1, 0.15) is 16.8 Å². The normalized spacial score (nSPS) is 13.0. The molecule has 0 amide bonds. The summed E-state index contributed by atoms with van der Waals surface area (Å²) in [5.41, 5.74) is -0.105. The molecule has 1 atom stereocenters. The zero-order chi connectivity index (χ0) is 17.6. The first-order chi connectivity index (χ1) is 11.4. The Balaban J connectivity index is 1.91. The molecule has 0 aliphatic rings. The Morgan fingerprint density at radius 2 is 1.96 bits per heavy atom. The van der Waals surface area contributed by atoms with Crippen molar-refractivity contribution in [3.05, 3.63) is 65.2 Å². The van der Waals surface area contributed by atoms with E-state index >= 15 is 0 Å². The van der Waals surface area contributed by atoms with Gasteiger partial charge in [0.15, 0.2) is 0 Å². The van der Waals surface area contributed by atoms with Crippen molar-refractivity contribution < 1.29 is 22.7 Å². The molecule has 130 valence electrons. The van der Waals surface area contributed by atoms with E-state index in [1.165, 1.54) is 6.07 Å². The molecule has 3 nitrogen and oxygen atoms in total. The van der Waals surface area contributed by atoms with Crippen LogP contribution in [0.5, 0.6) is 0 Å². The second kappa shape index (κ2) is 8.21. The van der Waals surface area contributed by atoms with Crippen LogP contribution in [0.2, 0.25) is 0 Å². The van der Waals surface area contributed by atoms with Gasteiger partial charge in [-0.05, 0) is 42.2 Å². The Labute approximate surface area is 137 Å². The number of alkyl halides is 3. The van der Waals surface area contributed by atoms with Gasteiger partial charge < -0.3 is 10.4 Å². The fourth-order valence-corrected chi connectivity index (χ4v) is 2.34. The first-order valence-corrected chi connectivity index (χ1v) is 7.47. The van der Waals surface area contributed by atoms with Gasteiger partial charge in [0, 0.05) is 31.6 Å². The van der Waals surface area contributed by atoms with Gasteiger partial charge >= 0.3 is 6.18 Å². The molecule has 2 N–H and O–H groups in total. The second-order valence-electron chi connectivity index (χ2n) is 5.52. The number of hydrogen-bond donors (Lipinski definition) is 2. The molecule has 0 saturated carbocycles. The van der Waals surface area contributed by atoms with Gasteiger partial charge in [-0.15, -0.1) is 0 Å². The van der Waals surface area contributed by atoms with Crippen LogP contribution in [-0.2, 0) is 19.1 Å². The number of hydrogen-bond acceptors (Lipinski definition) is 3. The molecule has 1 aromatic heterocycles. The van der Waals surface area contributed by atoms with Gasteiger partial charge in [0.2, 0.25) is 0 Å². The van der Waals surface area contributed by atoms with Gasteiger partial charge in [-0.1, -0.05) is 12.1 Å². The highest BCUT2D eigenvalue weighted by Gasteiger charge is 2.34. The lowest BCUT2D eigenvalue weighted by atomic mass is 10.0. The monoisotopic (exact) mass is 342 g/mol. The molecule has 0 fully saturated rings. The van der Waals surface area contributed by atoms with Crippen LogP contribution < -0.4 is 5.32 Å². The summed E-state index contributed by atoms with van der Waals surface area (Å²) in [5.74, 6) is -1.39. The van der Waals surface area contributed by atoms with Gasteiger partial charge in [-0.2, -0.15) is 13.2 Å². The standard InChI is InChI=1S/C17H18F4N2O/c18-16-5-4-12(8-15(16)17(19,20)21)9-22-10-13(11-24)7-14-3-1-2-6-23-14/h1-6,8,13,22,24H,7,9-11H2. The van der Waals surface area contributed by atoms with Crippen LogP contribution >= 0.6 is 0 Å². The highest BCUT2D eigenvalue weighted by molar-refractivity contribution is 5.27. The van der Waals surface area contributed by atoms with Crippen molar-refractivity contribution in [3.8, 4) is 0 Å². The van der Waals surface area contributed by atoms with E-state index in [2.05, 4.69) is 10.3 Å². The quantitative estimate of drug-likeness (QED) is 0.760. The largest absolute Gasteiger partial charge is 0.419 e. The summed E-state index contributed by atoms with van der Waals surface area (Å²) < 4.78 is 51.3. The molecular formula is C17H18F4N2O. The van der Waals surface area contributed by atoms with Gasteiger partial charge in [-0.25, -0.2) is 4.39 Å². The number of halogens is 4. The lowest BCUT2D eigenvalue weighted by Gasteiger charge is -2.15. The fourth-order valence-electron chi connectivity index (χ4n) is 2.34. The molecule has 2 rings (SSSR count). The molecule has 0 spiro atoms. The van der Waals surface area contributed by atoms with E-state index < -0.39 is 17.6 Å². The Bertz CT molecular complexity index is 647. The van der Waals surface area contributed by atoms with E-state index in [4.69, 9.17) is 0 Å². The minimum absolute atomic E-state index is 0.0687. The lowest BCUT2D eigenvalue weighted by Crippen LogP contribution is -2.27. The summed E-state index contributed by atoms with van der Waals surface area (Å²) in [6.45, 7) is 0.495. The molecule has 0 radical (unpaired) electrons. The molecule has 0 bridgehead atoms. The Morgan fingerprint density at radius 1 is 1.17 bits per heavy atom. The molecule has 1 heterocycles. The van der Waals surface area contributed by atoms with E-state index in [-0.39, 0.29) is 19.1 Å². The lowest BCUT2D eigenvalue weighted by molar-refractivity contribution is -0.140. The number of aliphatic hydroxyl groups is 1. The Kier molecular flexibility index (Phi) is 6.28. The summed E-state index contributed by atoms with van der Waals surface area (Å²) in [4.78, 5) is 4.18. The van der Waals surface area contributed by atoms with Crippen LogP contribution in [0.15, 0.2) is 42.6 Å². The van der Waals surface area contributed by atoms with Crippen molar-refractivity contribution >= 4 is 0 Å². The third-order valence-corrected chi connectivity index (χ3v) is 3.58. The molecule has 0 aliphatic carbocycles. The predicted octanol–water partition coefficient (Wildman–Crippen LogP) is 3.18. The summed E-state index contributed by atoms with van der Waals surface area (Å²) >= 11 is 0. The molecule has 7 heteroatoms. The highest BCUT2D eigenvalue weighted by Crippen LogP contribution is 2.31. The molecule has 24 heavy (non-hydrogen) atoms. The van der Waals surface area contributed by atoms with Crippen molar-refractivity contribution in [2.24, 2.45) is 5.92 Å². The second-order valence-corrected chi connectivity index (χ2v) is 5.52. The molecule has 0 saturated heterocycles. The maximum absolute atomic E-state index is 13.2. The maximum atomic E-state index is 13.2. The van der Waals surface area contributed by atoms with Crippen LogP contribution in [0.4, 0.5) is 17.6 Å². The van der Waals surface area contributed by atoms with Gasteiger partial charge in [0.25, 0.3) is 0 Å². The summed E-state index contributed by atoms with van der Waals surface area (Å²) in [6.07, 6.45) is -2.50. The first-order valence-electron chi connectivity index (χ1n) is 7.47. The van der Waals surface area contributed by atoms with Crippen molar-refractivity contribution in [1.82, 2.24) is 10.3 Å². The number of aliphatic hydroxyl groups excluding tert-OH is 1. The van der Waals surface area contributed by atoms with Crippen molar-refractivity contribution in [2.75, 3.05) is 13.2 Å². The molecular weight excluding hydrogens is 324 g/mol. The molecule has 1 aromatic carbocycles. The number of benzene rings is 1. The van der Waals surface area contributed by atoms with E-state index in [1.807, 2.05) is 12.1 Å². The van der Waals surface area contributed by atoms with Crippen LogP contribution in [0.3, 0.4) is 0 Å². The minimum Gasteiger partial charge on any atom is -0.396 e. The van der Waals surface area contributed by atoms with E-state index in [1.54, 1.807) is 12.3 Å². The fraction of sp³-hybridized carbons (Fsp3) is 0.353. The summed E-state index contributed by atoms with van der Waals surface area (Å²) in [5, 5.41) is 12.4. The number of nitrogens with zero attached hydrogens (tertiary/aromatic N) is 1. The highest BCUT2D eigenvalue weighted by atomic mass is 19.4. The number of pyridine rings is 1. The Morgan fingerprint density at radius 3 is 2.58 bits per heavy atom. The van der Waals surface area contributed by atoms with E-state index in [0.717, 1.165) is 17.8 Å². The molecule has 2 aromatic rings. The molecule has 0 aliphatic heterocycles. The smallest absolute Gasteiger partial charge is 0.396 e. The number of aromatic nitrogens is 1. The predicted molar refractivity (Wildman–Crippen MR) is 81.6 cm³/mol. The third-order valence-electron chi connectivity index (χ3n) is 3.58. The first kappa shape index (κ1) is 18.4. The Hall–Kier alpha value is -1.99. The number of nitrogens with one attached hydrogen (secondary N) is 1. The zero-order valence-electron chi connectivity index (χ0n) is 12.9. The topological polar surface area (TPSA) is 45.1 Å². The van der Waals surface area contributed by atoms with Crippen LogP contribution in [-0.4, -0.2) is 23.2 Å². The third kappa shape index (κ3) is 5.28. The minimum atomic E-state index is -4.72. The van der Waals surface area contributed by atoms with E-state index in [0.29, 0.717) is 18.5 Å². The summed E-state index contributed by atoms with van der Waals surface area (Å²) in [7, 11) is 0. The van der Waals surface area contributed by atoms with Crippen molar-refractivity contribution in [1.29, 1.82) is 0 Å². The SMILES string of the molecule is OCC(CNCc1ccc(F)c(C(F)(F)F)c1)Cc1ccccn1. The number of rotatable bonds is 7. The van der Waals surface area contributed by atoms with Crippen LogP contribution in [0, 0.1) is 11.7 Å². The summed E-state index contributed by atoms with van der Waals surface area (Å²) in [6, 6.07) is 8.42. The molecule has 1 unspecified atom stereocenters. The average molecular weight is 342 g/mol.